The Bertz CT molecular complexity index is 398. The zero-order valence-corrected chi connectivity index (χ0v) is 12.5. The first-order valence-corrected chi connectivity index (χ1v) is 7.39. The van der Waals surface area contributed by atoms with E-state index in [9.17, 15) is 4.79 Å². The van der Waals surface area contributed by atoms with Crippen molar-refractivity contribution in [1.29, 1.82) is 0 Å². The van der Waals surface area contributed by atoms with Gasteiger partial charge in [0.1, 0.15) is 5.75 Å². The predicted molar refractivity (Wildman–Crippen MR) is 78.8 cm³/mol. The third kappa shape index (κ3) is 5.12. The molecule has 0 aromatic heterocycles. The summed E-state index contributed by atoms with van der Waals surface area (Å²) in [5.74, 6) is 1.84. The number of carbonyl (C=O) groups is 1. The minimum Gasteiger partial charge on any atom is -0.496 e. The summed E-state index contributed by atoms with van der Waals surface area (Å²) in [6, 6.07) is 8.10. The largest absolute Gasteiger partial charge is 0.496 e. The first-order valence-electron chi connectivity index (χ1n) is 6.23. The molecule has 0 spiro atoms. The number of thioether (sulfide) groups is 1. The quantitative estimate of drug-likeness (QED) is 0.742. The van der Waals surface area contributed by atoms with Gasteiger partial charge in [-0.15, -0.1) is 11.8 Å². The molecular weight excluding hydrogens is 262 g/mol. The molecule has 0 aliphatic heterocycles. The van der Waals surface area contributed by atoms with E-state index in [0.717, 1.165) is 23.6 Å². The average Bonchev–Trinajstić information content (AvgIpc) is 2.46. The van der Waals surface area contributed by atoms with Crippen molar-refractivity contribution < 1.29 is 14.3 Å². The number of rotatable bonds is 8. The molecule has 19 heavy (non-hydrogen) atoms. The molecular formula is C14H21NO3S. The number of benzene rings is 1. The van der Waals surface area contributed by atoms with Crippen molar-refractivity contribution in [3.63, 3.8) is 0 Å². The molecule has 0 aliphatic rings. The molecule has 0 saturated heterocycles. The first-order chi connectivity index (χ1) is 9.22. The summed E-state index contributed by atoms with van der Waals surface area (Å²) in [4.78, 5) is 11.1. The minimum atomic E-state index is -0.194. The number of hydrogen-bond donors (Lipinski definition) is 1. The maximum Gasteiger partial charge on any atom is 0.315 e. The van der Waals surface area contributed by atoms with Gasteiger partial charge < -0.3 is 14.8 Å². The zero-order valence-electron chi connectivity index (χ0n) is 11.6. The van der Waals surface area contributed by atoms with Crippen LogP contribution in [0.1, 0.15) is 18.5 Å². The van der Waals surface area contributed by atoms with Crippen LogP contribution in [0.4, 0.5) is 0 Å². The van der Waals surface area contributed by atoms with Gasteiger partial charge in [0.05, 0.1) is 20.0 Å². The highest BCUT2D eigenvalue weighted by molar-refractivity contribution is 7.99. The molecule has 0 amide bonds. The lowest BCUT2D eigenvalue weighted by Crippen LogP contribution is -2.24. The topological polar surface area (TPSA) is 47.6 Å². The van der Waals surface area contributed by atoms with Crippen molar-refractivity contribution >= 4 is 17.7 Å². The fourth-order valence-electron chi connectivity index (χ4n) is 1.78. The molecule has 5 heteroatoms. The molecule has 0 heterocycles. The maximum absolute atomic E-state index is 11.1. The van der Waals surface area contributed by atoms with Crippen LogP contribution in [0.15, 0.2) is 24.3 Å². The molecule has 4 nitrogen and oxygen atoms in total. The highest BCUT2D eigenvalue weighted by atomic mass is 32.2. The van der Waals surface area contributed by atoms with E-state index >= 15 is 0 Å². The lowest BCUT2D eigenvalue weighted by molar-refractivity contribution is -0.137. The highest BCUT2D eigenvalue weighted by Gasteiger charge is 2.15. The highest BCUT2D eigenvalue weighted by Crippen LogP contribution is 2.27. The van der Waals surface area contributed by atoms with Crippen molar-refractivity contribution in [2.45, 2.75) is 13.0 Å². The molecule has 1 rings (SSSR count). The molecule has 1 aromatic carbocycles. The Balaban J connectivity index is 2.68. The van der Waals surface area contributed by atoms with Crippen molar-refractivity contribution in [3.05, 3.63) is 29.8 Å². The molecule has 0 fully saturated rings. The number of esters is 1. The normalized spacial score (nSPS) is 11.9. The van der Waals surface area contributed by atoms with Crippen molar-refractivity contribution in [2.24, 2.45) is 0 Å². The zero-order chi connectivity index (χ0) is 14.1. The molecule has 0 aliphatic carbocycles. The first kappa shape index (κ1) is 15.9. The van der Waals surface area contributed by atoms with Gasteiger partial charge >= 0.3 is 5.97 Å². The third-order valence-corrected chi connectivity index (χ3v) is 3.71. The number of nitrogens with one attached hydrogen (secondary N) is 1. The van der Waals surface area contributed by atoms with E-state index in [1.165, 1.54) is 7.11 Å². The summed E-state index contributed by atoms with van der Waals surface area (Å²) >= 11 is 1.56. The van der Waals surface area contributed by atoms with E-state index < -0.39 is 0 Å². The van der Waals surface area contributed by atoms with Gasteiger partial charge in [0, 0.05) is 17.4 Å². The van der Waals surface area contributed by atoms with Gasteiger partial charge in [0.15, 0.2) is 0 Å². The lowest BCUT2D eigenvalue weighted by atomic mass is 10.1. The number of methoxy groups -OCH3 is 2. The third-order valence-electron chi connectivity index (χ3n) is 2.70. The van der Waals surface area contributed by atoms with E-state index in [1.807, 2.05) is 24.3 Å². The van der Waals surface area contributed by atoms with Crippen LogP contribution in [0.5, 0.6) is 5.75 Å². The summed E-state index contributed by atoms with van der Waals surface area (Å²) in [7, 11) is 3.08. The second kappa shape index (κ2) is 8.82. The van der Waals surface area contributed by atoms with Crippen molar-refractivity contribution in [1.82, 2.24) is 5.32 Å². The van der Waals surface area contributed by atoms with Crippen LogP contribution in [0.3, 0.4) is 0 Å². The van der Waals surface area contributed by atoms with E-state index in [1.54, 1.807) is 18.9 Å². The van der Waals surface area contributed by atoms with Crippen LogP contribution in [0, 0.1) is 0 Å². The molecule has 1 N–H and O–H groups in total. The summed E-state index contributed by atoms with van der Waals surface area (Å²) in [5.41, 5.74) is 1.12. The lowest BCUT2D eigenvalue weighted by Gasteiger charge is -2.20. The van der Waals surface area contributed by atoms with Gasteiger partial charge in [-0.25, -0.2) is 0 Å². The predicted octanol–water partition coefficient (Wildman–Crippen LogP) is 2.25. The monoisotopic (exact) mass is 283 g/mol. The number of ether oxygens (including phenoxy) is 2. The van der Waals surface area contributed by atoms with Crippen LogP contribution in [-0.2, 0) is 9.53 Å². The van der Waals surface area contributed by atoms with Crippen molar-refractivity contribution in [3.8, 4) is 5.75 Å². The Hall–Kier alpha value is -1.20. The average molecular weight is 283 g/mol. The van der Waals surface area contributed by atoms with Gasteiger partial charge in [-0.1, -0.05) is 25.1 Å². The van der Waals surface area contributed by atoms with Crippen LogP contribution in [-0.4, -0.2) is 38.2 Å². The van der Waals surface area contributed by atoms with E-state index in [2.05, 4.69) is 17.0 Å². The number of para-hydroxylation sites is 1. The Morgan fingerprint density at radius 3 is 2.74 bits per heavy atom. The van der Waals surface area contributed by atoms with Gasteiger partial charge in [-0.3, -0.25) is 4.79 Å². The van der Waals surface area contributed by atoms with Crippen LogP contribution >= 0.6 is 11.8 Å². The van der Waals surface area contributed by atoms with E-state index in [-0.39, 0.29) is 12.0 Å². The number of hydrogen-bond acceptors (Lipinski definition) is 5. The molecule has 1 unspecified atom stereocenters. The standard InChI is InChI=1S/C14H21NO3S/c1-4-15-12(9-19-10-14(16)18-3)11-7-5-6-8-13(11)17-2/h5-8,12,15H,4,9-10H2,1-3H3. The fraction of sp³-hybridized carbons (Fsp3) is 0.500. The van der Waals surface area contributed by atoms with Crippen LogP contribution in [0.25, 0.3) is 0 Å². The second-order valence-corrected chi connectivity index (χ2v) is 4.97. The van der Waals surface area contributed by atoms with Gasteiger partial charge in [0.2, 0.25) is 0 Å². The Morgan fingerprint density at radius 2 is 2.11 bits per heavy atom. The van der Waals surface area contributed by atoms with Crippen LogP contribution < -0.4 is 10.1 Å². The SMILES string of the molecule is CCNC(CSCC(=O)OC)c1ccccc1OC. The van der Waals surface area contributed by atoms with Gasteiger partial charge in [0.25, 0.3) is 0 Å². The molecule has 1 aromatic rings. The molecule has 0 radical (unpaired) electrons. The summed E-state index contributed by atoms with van der Waals surface area (Å²) in [6.45, 7) is 2.93. The Labute approximate surface area is 118 Å². The molecule has 0 saturated carbocycles. The van der Waals surface area contributed by atoms with Crippen LogP contribution in [0.2, 0.25) is 0 Å². The summed E-state index contributed by atoms with van der Waals surface area (Å²) < 4.78 is 10.0. The minimum absolute atomic E-state index is 0.163. The summed E-state index contributed by atoms with van der Waals surface area (Å²) in [5, 5.41) is 3.41. The molecule has 106 valence electrons. The van der Waals surface area contributed by atoms with E-state index in [0.29, 0.717) is 5.75 Å². The second-order valence-electron chi connectivity index (χ2n) is 3.94. The van der Waals surface area contributed by atoms with Gasteiger partial charge in [-0.2, -0.15) is 0 Å². The van der Waals surface area contributed by atoms with Gasteiger partial charge in [-0.05, 0) is 12.6 Å². The molecule has 0 bridgehead atoms. The molecule has 1 atom stereocenters. The summed E-state index contributed by atoms with van der Waals surface area (Å²) in [6.07, 6.45) is 0. The van der Waals surface area contributed by atoms with Crippen molar-refractivity contribution in [2.75, 3.05) is 32.3 Å². The fourth-order valence-corrected chi connectivity index (χ4v) is 2.71. The smallest absolute Gasteiger partial charge is 0.315 e. The Kier molecular flexibility index (Phi) is 7.36. The maximum atomic E-state index is 11.1. The number of carbonyl (C=O) groups excluding carboxylic acids is 1. The van der Waals surface area contributed by atoms with E-state index in [4.69, 9.17) is 4.74 Å². The Morgan fingerprint density at radius 1 is 1.37 bits per heavy atom.